The third-order valence-electron chi connectivity index (χ3n) is 5.23. The number of ether oxygens (including phenoxy) is 1. The number of methoxy groups -OCH3 is 1. The third-order valence-corrected chi connectivity index (χ3v) is 5.23. The fourth-order valence-corrected chi connectivity index (χ4v) is 3.79. The number of nitrogens with one attached hydrogen (secondary N) is 1. The maximum Gasteiger partial charge on any atom is 0.0578 e. The minimum absolute atomic E-state index is 0.551. The van der Waals surface area contributed by atoms with Gasteiger partial charge in [0.1, 0.15) is 0 Å². The maximum absolute atomic E-state index is 6.07. The fraction of sp³-hybridized carbons (Fsp3) is 0.667. The lowest BCUT2D eigenvalue weighted by Gasteiger charge is -2.45. The average Bonchev–Trinajstić information content (AvgIpc) is 2.47. The summed E-state index contributed by atoms with van der Waals surface area (Å²) in [6, 6.07) is 7.57. The van der Waals surface area contributed by atoms with Gasteiger partial charge < -0.3 is 20.7 Å². The quantitative estimate of drug-likeness (QED) is 0.821. The van der Waals surface area contributed by atoms with Crippen LogP contribution in [0, 0.1) is 12.8 Å². The summed E-state index contributed by atoms with van der Waals surface area (Å²) >= 11 is 0. The van der Waals surface area contributed by atoms with Gasteiger partial charge in [-0.2, -0.15) is 0 Å². The first-order chi connectivity index (χ1) is 10.7. The van der Waals surface area contributed by atoms with Crippen LogP contribution in [0.15, 0.2) is 18.2 Å². The fourth-order valence-electron chi connectivity index (χ4n) is 3.79. The Balaban J connectivity index is 1.45. The van der Waals surface area contributed by atoms with E-state index in [4.69, 9.17) is 10.5 Å². The van der Waals surface area contributed by atoms with Gasteiger partial charge in [-0.15, -0.1) is 0 Å². The van der Waals surface area contributed by atoms with Crippen LogP contribution in [0.2, 0.25) is 0 Å². The lowest BCUT2D eigenvalue weighted by molar-refractivity contribution is 0.0199. The molecule has 3 rings (SSSR count). The molecule has 0 amide bonds. The van der Waals surface area contributed by atoms with Crippen molar-refractivity contribution in [1.82, 2.24) is 4.90 Å². The maximum atomic E-state index is 6.07. The Morgan fingerprint density at radius 3 is 2.68 bits per heavy atom. The molecule has 1 aromatic rings. The molecule has 0 aromatic heterocycles. The van der Waals surface area contributed by atoms with Crippen LogP contribution in [0.3, 0.4) is 0 Å². The first-order valence-corrected chi connectivity index (χ1v) is 8.51. The van der Waals surface area contributed by atoms with Crippen LogP contribution in [0.5, 0.6) is 0 Å². The summed E-state index contributed by atoms with van der Waals surface area (Å²) in [5.74, 6) is 0.790. The number of aryl methyl sites for hydroxylation is 1. The Hall–Kier alpha value is -1.26. The van der Waals surface area contributed by atoms with E-state index < -0.39 is 0 Å². The van der Waals surface area contributed by atoms with Crippen molar-refractivity contribution in [3.05, 3.63) is 23.8 Å². The Kier molecular flexibility index (Phi) is 4.89. The highest BCUT2D eigenvalue weighted by atomic mass is 16.5. The zero-order valence-electron chi connectivity index (χ0n) is 13.8. The van der Waals surface area contributed by atoms with Gasteiger partial charge in [0.15, 0.2) is 0 Å². The molecule has 0 spiro atoms. The van der Waals surface area contributed by atoms with Crippen molar-refractivity contribution in [3.63, 3.8) is 0 Å². The Morgan fingerprint density at radius 2 is 2.00 bits per heavy atom. The van der Waals surface area contributed by atoms with Crippen LogP contribution in [-0.4, -0.2) is 43.8 Å². The second-order valence-electron chi connectivity index (χ2n) is 6.99. The minimum Gasteiger partial charge on any atom is -0.397 e. The molecule has 0 unspecified atom stereocenters. The van der Waals surface area contributed by atoms with Gasteiger partial charge in [-0.25, -0.2) is 0 Å². The third kappa shape index (κ3) is 3.55. The van der Waals surface area contributed by atoms with Gasteiger partial charge >= 0.3 is 0 Å². The van der Waals surface area contributed by atoms with E-state index in [0.717, 1.165) is 29.9 Å². The molecule has 3 N–H and O–H groups in total. The first kappa shape index (κ1) is 15.6. The van der Waals surface area contributed by atoms with Crippen molar-refractivity contribution in [1.29, 1.82) is 0 Å². The molecule has 4 heteroatoms. The van der Waals surface area contributed by atoms with Crippen LogP contribution >= 0.6 is 0 Å². The number of hydrogen-bond donors (Lipinski definition) is 2. The lowest BCUT2D eigenvalue weighted by atomic mass is 9.79. The van der Waals surface area contributed by atoms with Crippen LogP contribution in [0.4, 0.5) is 11.4 Å². The Labute approximate surface area is 134 Å². The van der Waals surface area contributed by atoms with Gasteiger partial charge in [0.05, 0.1) is 11.4 Å². The Morgan fingerprint density at radius 1 is 1.27 bits per heavy atom. The zero-order valence-corrected chi connectivity index (χ0v) is 13.8. The van der Waals surface area contributed by atoms with Crippen molar-refractivity contribution >= 4 is 11.4 Å². The van der Waals surface area contributed by atoms with Gasteiger partial charge in [0.25, 0.3) is 0 Å². The number of nitrogens with zero attached hydrogens (tertiary/aromatic N) is 1. The molecule has 22 heavy (non-hydrogen) atoms. The van der Waals surface area contributed by atoms with Gasteiger partial charge in [-0.1, -0.05) is 6.07 Å². The van der Waals surface area contributed by atoms with Crippen LogP contribution < -0.4 is 11.1 Å². The SMILES string of the molecule is COC[C@H]1C[C@@H](N2CCC(Nc3cc(C)ccc3N)CC2)C1. The van der Waals surface area contributed by atoms with E-state index in [-0.39, 0.29) is 0 Å². The molecule has 122 valence electrons. The number of nitrogen functional groups attached to an aromatic ring is 1. The first-order valence-electron chi connectivity index (χ1n) is 8.51. The van der Waals surface area contributed by atoms with Crippen molar-refractivity contribution in [3.8, 4) is 0 Å². The van der Waals surface area contributed by atoms with Gasteiger partial charge in [0, 0.05) is 38.9 Å². The molecule has 1 aliphatic carbocycles. The van der Waals surface area contributed by atoms with E-state index >= 15 is 0 Å². The summed E-state index contributed by atoms with van der Waals surface area (Å²) in [5, 5.41) is 3.64. The molecular weight excluding hydrogens is 274 g/mol. The summed E-state index contributed by atoms with van der Waals surface area (Å²) < 4.78 is 5.25. The number of nitrogens with two attached hydrogens (primary N) is 1. The van der Waals surface area contributed by atoms with Crippen LogP contribution in [-0.2, 0) is 4.74 Å². The van der Waals surface area contributed by atoms with Gasteiger partial charge in [0.2, 0.25) is 0 Å². The highest BCUT2D eigenvalue weighted by Crippen LogP contribution is 2.34. The molecule has 1 heterocycles. The number of anilines is 2. The molecule has 4 nitrogen and oxygen atoms in total. The van der Waals surface area contributed by atoms with E-state index in [1.54, 1.807) is 0 Å². The van der Waals surface area contributed by atoms with E-state index in [1.165, 1.54) is 44.3 Å². The second kappa shape index (κ2) is 6.88. The molecule has 0 bridgehead atoms. The predicted octanol–water partition coefficient (Wildman–Crippen LogP) is 2.88. The van der Waals surface area contributed by atoms with Crippen molar-refractivity contribution in [2.45, 2.75) is 44.7 Å². The zero-order chi connectivity index (χ0) is 15.5. The molecule has 1 saturated carbocycles. The summed E-state index contributed by atoms with van der Waals surface area (Å²) in [4.78, 5) is 2.67. The molecule has 1 saturated heterocycles. The number of likely N-dealkylation sites (tertiary alicyclic amines) is 1. The molecule has 2 aliphatic rings. The van der Waals surface area contributed by atoms with E-state index in [2.05, 4.69) is 29.3 Å². The molecule has 1 aromatic carbocycles. The largest absolute Gasteiger partial charge is 0.397 e. The summed E-state index contributed by atoms with van der Waals surface area (Å²) in [6.07, 6.45) is 5.05. The smallest absolute Gasteiger partial charge is 0.0578 e. The number of rotatable bonds is 5. The Bertz CT molecular complexity index is 491. The molecule has 0 atom stereocenters. The minimum atomic E-state index is 0.551. The second-order valence-corrected chi connectivity index (χ2v) is 6.99. The number of benzene rings is 1. The monoisotopic (exact) mass is 303 g/mol. The van der Waals surface area contributed by atoms with Crippen molar-refractivity contribution < 1.29 is 4.74 Å². The predicted molar refractivity (Wildman–Crippen MR) is 92.2 cm³/mol. The summed E-state index contributed by atoms with van der Waals surface area (Å²) in [7, 11) is 1.81. The van der Waals surface area contributed by atoms with E-state index in [9.17, 15) is 0 Å². The normalized spacial score (nSPS) is 26.6. The highest BCUT2D eigenvalue weighted by molar-refractivity contribution is 5.67. The molecule has 0 radical (unpaired) electrons. The van der Waals surface area contributed by atoms with Crippen molar-refractivity contribution in [2.75, 3.05) is 37.9 Å². The van der Waals surface area contributed by atoms with Crippen molar-refractivity contribution in [2.24, 2.45) is 5.92 Å². The summed E-state index contributed by atoms with van der Waals surface area (Å²) in [6.45, 7) is 5.45. The average molecular weight is 303 g/mol. The molecule has 2 fully saturated rings. The lowest BCUT2D eigenvalue weighted by Crippen LogP contribution is -2.50. The van der Waals surface area contributed by atoms with E-state index in [0.29, 0.717) is 6.04 Å². The molecular formula is C18H29N3O. The summed E-state index contributed by atoms with van der Waals surface area (Å²) in [5.41, 5.74) is 9.28. The van der Waals surface area contributed by atoms with Crippen LogP contribution in [0.1, 0.15) is 31.2 Å². The van der Waals surface area contributed by atoms with Gasteiger partial charge in [-0.3, -0.25) is 0 Å². The van der Waals surface area contributed by atoms with Gasteiger partial charge in [-0.05, 0) is 56.2 Å². The molecule has 1 aliphatic heterocycles. The topological polar surface area (TPSA) is 50.5 Å². The standard InChI is InChI=1S/C18H29N3O/c1-13-3-4-17(19)18(9-13)20-15-5-7-21(8-6-15)16-10-14(11-16)12-22-2/h3-4,9,14-16,20H,5-8,10-12,19H2,1-2H3/t14-,16+. The van der Waals surface area contributed by atoms with Crippen LogP contribution in [0.25, 0.3) is 0 Å². The number of hydrogen-bond acceptors (Lipinski definition) is 4. The number of piperidine rings is 1. The van der Waals surface area contributed by atoms with E-state index in [1.807, 2.05) is 13.2 Å². The highest BCUT2D eigenvalue weighted by Gasteiger charge is 2.35.